The van der Waals surface area contributed by atoms with Crippen molar-refractivity contribution < 1.29 is 33.9 Å². The van der Waals surface area contributed by atoms with E-state index in [2.05, 4.69) is 10.3 Å². The first-order valence-electron chi connectivity index (χ1n) is 6.90. The van der Waals surface area contributed by atoms with Crippen molar-refractivity contribution in [2.24, 2.45) is 4.99 Å². The molecule has 0 aliphatic carbocycles. The van der Waals surface area contributed by atoms with E-state index in [4.69, 9.17) is 15.3 Å². The number of aliphatic imine (C=N–C) groups is 1. The minimum Gasteiger partial charge on any atom is -0.480 e. The van der Waals surface area contributed by atoms with E-state index in [-0.39, 0.29) is 24.3 Å². The molecule has 0 radical (unpaired) electrons. The number of carbonyl (C=O) groups is 3. The molecular weight excluding hydrogens is 340 g/mol. The van der Waals surface area contributed by atoms with E-state index in [1.165, 1.54) is 24.6 Å². The second-order valence-electron chi connectivity index (χ2n) is 5.06. The topological polar surface area (TPSA) is 153 Å². The third kappa shape index (κ3) is 6.32. The Morgan fingerprint density at radius 3 is 2.58 bits per heavy atom. The zero-order valence-corrected chi connectivity index (χ0v) is 13.7. The smallest absolute Gasteiger partial charge is 0.351 e. The number of hydrogen-bond acceptors (Lipinski definition) is 6. The molecule has 0 aromatic heterocycles. The number of aliphatic carboxylic acids is 3. The Hall–Kier alpha value is -2.49. The van der Waals surface area contributed by atoms with Crippen molar-refractivity contribution in [1.82, 2.24) is 5.32 Å². The van der Waals surface area contributed by atoms with Gasteiger partial charge in [-0.15, -0.1) is 0 Å². The van der Waals surface area contributed by atoms with Gasteiger partial charge in [-0.05, 0) is 24.1 Å². The Kier molecular flexibility index (Phi) is 7.31. The van der Waals surface area contributed by atoms with E-state index >= 15 is 0 Å². The fourth-order valence-corrected chi connectivity index (χ4v) is 2.49. The summed E-state index contributed by atoms with van der Waals surface area (Å²) in [6.07, 6.45) is 5.45. The Labute approximate surface area is 140 Å². The second kappa shape index (κ2) is 8.96. The summed E-state index contributed by atoms with van der Waals surface area (Å²) in [6.45, 7) is 0. The maximum absolute atomic E-state index is 11.1. The SMILES string of the molecule is C[S@](=O)CC[C@@H](N=C/C=C1/C=C(C(=O)O)N[C@H](C(=O)O)C1)C(=O)O. The molecule has 1 heterocycles. The van der Waals surface area contributed by atoms with Gasteiger partial charge in [0.2, 0.25) is 0 Å². The molecule has 0 saturated heterocycles. The molecule has 0 aromatic rings. The summed E-state index contributed by atoms with van der Waals surface area (Å²) in [4.78, 5) is 37.0. The Morgan fingerprint density at radius 2 is 2.08 bits per heavy atom. The van der Waals surface area contributed by atoms with Gasteiger partial charge in [-0.1, -0.05) is 0 Å². The van der Waals surface area contributed by atoms with Crippen molar-refractivity contribution in [3.05, 3.63) is 23.4 Å². The largest absolute Gasteiger partial charge is 0.480 e. The summed E-state index contributed by atoms with van der Waals surface area (Å²) in [6, 6.07) is -2.15. The lowest BCUT2D eigenvalue weighted by Gasteiger charge is -2.21. The molecular formula is C14H18N2O7S. The number of allylic oxidation sites excluding steroid dienone is 2. The van der Waals surface area contributed by atoms with Crippen molar-refractivity contribution in [2.45, 2.75) is 24.9 Å². The van der Waals surface area contributed by atoms with Crippen LogP contribution in [0.5, 0.6) is 0 Å². The predicted octanol–water partition coefficient (Wildman–Crippen LogP) is -0.380. The number of carboxylic acid groups (broad SMARTS) is 3. The van der Waals surface area contributed by atoms with Gasteiger partial charge in [0.05, 0.1) is 0 Å². The van der Waals surface area contributed by atoms with Crippen LogP contribution in [0.25, 0.3) is 0 Å². The van der Waals surface area contributed by atoms with Crippen LogP contribution >= 0.6 is 0 Å². The van der Waals surface area contributed by atoms with Crippen molar-refractivity contribution >= 4 is 34.9 Å². The Bertz CT molecular complexity index is 639. The molecule has 1 rings (SSSR count). The maximum atomic E-state index is 11.1. The fraction of sp³-hybridized carbons (Fsp3) is 0.429. The molecule has 3 atom stereocenters. The first kappa shape index (κ1) is 19.6. The Balaban J connectivity index is 2.90. The summed E-state index contributed by atoms with van der Waals surface area (Å²) in [7, 11) is -1.13. The second-order valence-corrected chi connectivity index (χ2v) is 6.62. The van der Waals surface area contributed by atoms with Crippen LogP contribution in [0.4, 0.5) is 0 Å². The van der Waals surface area contributed by atoms with Crippen LogP contribution in [0.1, 0.15) is 12.8 Å². The average molecular weight is 358 g/mol. The highest BCUT2D eigenvalue weighted by Gasteiger charge is 2.26. The molecule has 0 fully saturated rings. The molecule has 0 amide bonds. The molecule has 0 unspecified atom stereocenters. The molecule has 9 nitrogen and oxygen atoms in total. The minimum absolute atomic E-state index is 0.0366. The summed E-state index contributed by atoms with van der Waals surface area (Å²) in [5.41, 5.74) is 0.134. The monoisotopic (exact) mass is 358 g/mol. The number of carboxylic acids is 3. The predicted molar refractivity (Wildman–Crippen MR) is 86.4 cm³/mol. The molecule has 4 N–H and O–H groups in total. The third-order valence-corrected chi connectivity index (χ3v) is 3.96. The molecule has 0 saturated carbocycles. The van der Waals surface area contributed by atoms with Crippen LogP contribution in [0, 0.1) is 0 Å². The van der Waals surface area contributed by atoms with Crippen LogP contribution in [-0.4, -0.2) is 67.7 Å². The van der Waals surface area contributed by atoms with Gasteiger partial charge in [-0.25, -0.2) is 14.4 Å². The normalized spacial score (nSPS) is 21.8. The molecule has 0 spiro atoms. The van der Waals surface area contributed by atoms with Crippen molar-refractivity contribution in [2.75, 3.05) is 12.0 Å². The van der Waals surface area contributed by atoms with Gasteiger partial charge in [0.15, 0.2) is 0 Å². The summed E-state index contributed by atoms with van der Waals surface area (Å²) in [5.74, 6) is -3.46. The van der Waals surface area contributed by atoms with Gasteiger partial charge in [0.25, 0.3) is 0 Å². The van der Waals surface area contributed by atoms with E-state index in [0.29, 0.717) is 5.57 Å². The molecule has 0 bridgehead atoms. The summed E-state index contributed by atoms with van der Waals surface area (Å²) >= 11 is 0. The number of hydrogen-bond donors (Lipinski definition) is 4. The highest BCUT2D eigenvalue weighted by Crippen LogP contribution is 2.16. The Morgan fingerprint density at radius 1 is 1.42 bits per heavy atom. The van der Waals surface area contributed by atoms with Gasteiger partial charge in [-0.2, -0.15) is 0 Å². The summed E-state index contributed by atoms with van der Waals surface area (Å²) < 4.78 is 11.0. The van der Waals surface area contributed by atoms with Gasteiger partial charge in [-0.3, -0.25) is 9.20 Å². The quantitative estimate of drug-likeness (QED) is 0.428. The van der Waals surface area contributed by atoms with Gasteiger partial charge >= 0.3 is 17.9 Å². The lowest BCUT2D eigenvalue weighted by atomic mass is 10.00. The maximum Gasteiger partial charge on any atom is 0.351 e. The number of rotatable bonds is 8. The van der Waals surface area contributed by atoms with Gasteiger partial charge in [0.1, 0.15) is 17.8 Å². The number of nitrogens with zero attached hydrogens (tertiary/aromatic N) is 1. The average Bonchev–Trinajstić information content (AvgIpc) is 2.49. The van der Waals surface area contributed by atoms with Gasteiger partial charge < -0.3 is 20.6 Å². The van der Waals surface area contributed by atoms with Crippen LogP contribution in [0.15, 0.2) is 28.4 Å². The first-order valence-corrected chi connectivity index (χ1v) is 8.63. The lowest BCUT2D eigenvalue weighted by molar-refractivity contribution is -0.140. The zero-order chi connectivity index (χ0) is 18.3. The highest BCUT2D eigenvalue weighted by atomic mass is 32.2. The lowest BCUT2D eigenvalue weighted by Crippen LogP contribution is -2.41. The fourth-order valence-electron chi connectivity index (χ4n) is 1.93. The van der Waals surface area contributed by atoms with Crippen LogP contribution in [0.3, 0.4) is 0 Å². The molecule has 1 aliphatic heterocycles. The summed E-state index contributed by atoms with van der Waals surface area (Å²) in [5, 5.41) is 29.4. The molecule has 132 valence electrons. The van der Waals surface area contributed by atoms with Crippen LogP contribution in [0.2, 0.25) is 0 Å². The standard InChI is InChI=1S/C14H18N2O7S/c1-24(23)5-3-9(12(17)18)15-4-2-8-6-10(13(19)20)16-11(7-8)14(21)22/h2,4,6,9,11,16H,3,5,7H2,1H3,(H,17,18)(H,19,20)(H,21,22)/b8-2-,15-4?/t9-,11+,24+/m1/s1. The van der Waals surface area contributed by atoms with Crippen molar-refractivity contribution in [3.8, 4) is 0 Å². The molecule has 1 aliphatic rings. The first-order chi connectivity index (χ1) is 11.2. The van der Waals surface area contributed by atoms with E-state index in [1.54, 1.807) is 0 Å². The minimum atomic E-state index is -1.29. The van der Waals surface area contributed by atoms with Crippen LogP contribution < -0.4 is 5.32 Å². The van der Waals surface area contributed by atoms with Crippen molar-refractivity contribution in [3.63, 3.8) is 0 Å². The van der Waals surface area contributed by atoms with E-state index < -0.39 is 40.8 Å². The molecule has 10 heteroatoms. The molecule has 24 heavy (non-hydrogen) atoms. The van der Waals surface area contributed by atoms with E-state index in [0.717, 1.165) is 0 Å². The number of nitrogens with one attached hydrogen (secondary N) is 1. The van der Waals surface area contributed by atoms with Gasteiger partial charge in [0, 0.05) is 35.4 Å². The highest BCUT2D eigenvalue weighted by molar-refractivity contribution is 7.84. The van der Waals surface area contributed by atoms with E-state index in [9.17, 15) is 18.6 Å². The third-order valence-electron chi connectivity index (χ3n) is 3.15. The zero-order valence-electron chi connectivity index (χ0n) is 12.8. The molecule has 0 aromatic carbocycles. The van der Waals surface area contributed by atoms with E-state index in [1.807, 2.05) is 0 Å². The van der Waals surface area contributed by atoms with Crippen molar-refractivity contribution in [1.29, 1.82) is 0 Å². The van der Waals surface area contributed by atoms with Crippen LogP contribution in [-0.2, 0) is 25.2 Å².